The van der Waals surface area contributed by atoms with Gasteiger partial charge >= 0.3 is 5.97 Å². The first-order valence-electron chi connectivity index (χ1n) is 6.31. The van der Waals surface area contributed by atoms with E-state index < -0.39 is 5.97 Å². The number of rotatable bonds is 3. The highest BCUT2D eigenvalue weighted by Gasteiger charge is 2.23. The lowest BCUT2D eigenvalue weighted by Crippen LogP contribution is -2.12. The average molecular weight is 271 g/mol. The van der Waals surface area contributed by atoms with Gasteiger partial charge in [0.1, 0.15) is 0 Å². The second kappa shape index (κ2) is 4.88. The fraction of sp³-hybridized carbons (Fsp3) is 0.286. The van der Waals surface area contributed by atoms with Crippen molar-refractivity contribution in [3.05, 3.63) is 35.2 Å². The van der Waals surface area contributed by atoms with E-state index in [-0.39, 0.29) is 12.5 Å². The molecule has 3 rings (SSSR count). The molecule has 0 saturated heterocycles. The molecule has 1 aromatic carbocycles. The van der Waals surface area contributed by atoms with Crippen LogP contribution in [0.5, 0.6) is 0 Å². The van der Waals surface area contributed by atoms with Crippen molar-refractivity contribution in [3.63, 3.8) is 0 Å². The Morgan fingerprint density at radius 3 is 3.05 bits per heavy atom. The Kier molecular flexibility index (Phi) is 3.06. The number of hydrogen-bond acceptors (Lipinski definition) is 5. The van der Waals surface area contributed by atoms with Gasteiger partial charge in [0.25, 0.3) is 0 Å². The van der Waals surface area contributed by atoms with E-state index in [0.29, 0.717) is 18.1 Å². The zero-order valence-electron chi connectivity index (χ0n) is 10.9. The molecule has 102 valence electrons. The molecule has 0 amide bonds. The summed E-state index contributed by atoms with van der Waals surface area (Å²) in [5, 5.41) is 12.9. The zero-order chi connectivity index (χ0) is 14.1. The van der Waals surface area contributed by atoms with Crippen molar-refractivity contribution in [2.75, 3.05) is 0 Å². The predicted molar refractivity (Wildman–Crippen MR) is 71.7 cm³/mol. The van der Waals surface area contributed by atoms with Gasteiger partial charge in [0.2, 0.25) is 11.7 Å². The molecule has 0 spiro atoms. The van der Waals surface area contributed by atoms with Crippen LogP contribution < -0.4 is 0 Å². The summed E-state index contributed by atoms with van der Waals surface area (Å²) in [7, 11) is 0. The summed E-state index contributed by atoms with van der Waals surface area (Å²) in [6, 6.07) is 5.36. The minimum Gasteiger partial charge on any atom is -0.481 e. The Morgan fingerprint density at radius 1 is 1.50 bits per heavy atom. The summed E-state index contributed by atoms with van der Waals surface area (Å²) in [6.07, 6.45) is 2.39. The number of nitrogens with zero attached hydrogens (tertiary/aromatic N) is 3. The van der Waals surface area contributed by atoms with Crippen LogP contribution in [0, 0.1) is 6.92 Å². The lowest BCUT2D eigenvalue weighted by atomic mass is 9.90. The van der Waals surface area contributed by atoms with E-state index in [4.69, 9.17) is 9.63 Å². The largest absolute Gasteiger partial charge is 0.481 e. The van der Waals surface area contributed by atoms with Gasteiger partial charge in [-0.05, 0) is 11.1 Å². The van der Waals surface area contributed by atoms with Gasteiger partial charge in [0.05, 0.1) is 12.5 Å². The topological polar surface area (TPSA) is 88.6 Å². The molecule has 6 heteroatoms. The van der Waals surface area contributed by atoms with Crippen LogP contribution in [0.15, 0.2) is 27.7 Å². The highest BCUT2D eigenvalue weighted by atomic mass is 16.5. The highest BCUT2D eigenvalue weighted by molar-refractivity contribution is 5.75. The SMILES string of the molecule is Cc1nc(-c2cccc3c2CC=NC3CC(=O)O)no1. The van der Waals surface area contributed by atoms with Crippen LogP contribution in [0.25, 0.3) is 11.4 Å². The second-order valence-electron chi connectivity index (χ2n) is 4.66. The molecule has 0 radical (unpaired) electrons. The maximum atomic E-state index is 10.9. The van der Waals surface area contributed by atoms with Crippen molar-refractivity contribution in [2.24, 2.45) is 4.99 Å². The third-order valence-electron chi connectivity index (χ3n) is 3.29. The molecular formula is C14H13N3O3. The fourth-order valence-corrected chi connectivity index (χ4v) is 2.44. The van der Waals surface area contributed by atoms with E-state index >= 15 is 0 Å². The number of aryl methyl sites for hydroxylation is 1. The molecule has 1 aromatic heterocycles. The maximum Gasteiger partial charge on any atom is 0.305 e. The van der Waals surface area contributed by atoms with E-state index in [9.17, 15) is 4.79 Å². The number of benzene rings is 1. The van der Waals surface area contributed by atoms with Crippen molar-refractivity contribution in [1.29, 1.82) is 0 Å². The summed E-state index contributed by atoms with van der Waals surface area (Å²) in [6.45, 7) is 1.74. The quantitative estimate of drug-likeness (QED) is 0.924. The van der Waals surface area contributed by atoms with Crippen LogP contribution in [-0.4, -0.2) is 27.4 Å². The molecule has 6 nitrogen and oxygen atoms in total. The maximum absolute atomic E-state index is 10.9. The Bertz CT molecular complexity index is 691. The predicted octanol–water partition coefficient (Wildman–Crippen LogP) is 2.19. The van der Waals surface area contributed by atoms with Crippen LogP contribution in [-0.2, 0) is 11.2 Å². The van der Waals surface area contributed by atoms with E-state index in [2.05, 4.69) is 15.1 Å². The van der Waals surface area contributed by atoms with Gasteiger partial charge in [-0.3, -0.25) is 9.79 Å². The molecule has 1 unspecified atom stereocenters. The molecule has 2 aromatic rings. The molecule has 0 aliphatic carbocycles. The number of aliphatic carboxylic acids is 1. The minimum atomic E-state index is -0.860. The van der Waals surface area contributed by atoms with Gasteiger partial charge in [-0.2, -0.15) is 4.98 Å². The Balaban J connectivity index is 2.06. The molecule has 1 N–H and O–H groups in total. The smallest absolute Gasteiger partial charge is 0.305 e. The van der Waals surface area contributed by atoms with Crippen LogP contribution in [0.1, 0.15) is 29.5 Å². The molecule has 1 atom stereocenters. The molecule has 1 aliphatic rings. The monoisotopic (exact) mass is 271 g/mol. The van der Waals surface area contributed by atoms with Crippen molar-refractivity contribution in [1.82, 2.24) is 10.1 Å². The minimum absolute atomic E-state index is 0.0156. The van der Waals surface area contributed by atoms with Crippen LogP contribution in [0.3, 0.4) is 0 Å². The summed E-state index contributed by atoms with van der Waals surface area (Å²) in [4.78, 5) is 19.4. The van der Waals surface area contributed by atoms with Gasteiger partial charge < -0.3 is 9.63 Å². The van der Waals surface area contributed by atoms with Crippen LogP contribution in [0.2, 0.25) is 0 Å². The standard InChI is InChI=1S/C14H13N3O3/c1-8-16-14(17-20-8)11-4-2-3-10-9(11)5-6-15-12(10)7-13(18)19/h2-4,6,12H,5,7H2,1H3,(H,18,19). The number of aliphatic imine (C=N–C) groups is 1. The molecule has 0 saturated carbocycles. The van der Waals surface area contributed by atoms with Crippen molar-refractivity contribution in [3.8, 4) is 11.4 Å². The van der Waals surface area contributed by atoms with E-state index in [1.54, 1.807) is 13.1 Å². The number of carboxylic acid groups (broad SMARTS) is 1. The lowest BCUT2D eigenvalue weighted by Gasteiger charge is -2.20. The van der Waals surface area contributed by atoms with Crippen molar-refractivity contribution >= 4 is 12.2 Å². The number of fused-ring (bicyclic) bond motifs is 1. The Labute approximate surface area is 115 Å². The van der Waals surface area contributed by atoms with E-state index in [0.717, 1.165) is 16.7 Å². The normalized spacial score (nSPS) is 16.9. The highest BCUT2D eigenvalue weighted by Crippen LogP contribution is 2.33. The average Bonchev–Trinajstić information content (AvgIpc) is 2.84. The Hall–Kier alpha value is -2.50. The molecule has 2 heterocycles. The first-order valence-corrected chi connectivity index (χ1v) is 6.31. The van der Waals surface area contributed by atoms with Crippen LogP contribution in [0.4, 0.5) is 0 Å². The third kappa shape index (κ3) is 2.20. The second-order valence-corrected chi connectivity index (χ2v) is 4.66. The molecule has 1 aliphatic heterocycles. The third-order valence-corrected chi connectivity index (χ3v) is 3.29. The van der Waals surface area contributed by atoms with Crippen molar-refractivity contribution < 1.29 is 14.4 Å². The first kappa shape index (κ1) is 12.5. The van der Waals surface area contributed by atoms with Gasteiger partial charge in [0.15, 0.2) is 0 Å². The van der Waals surface area contributed by atoms with Gasteiger partial charge in [0, 0.05) is 25.1 Å². The molecule has 20 heavy (non-hydrogen) atoms. The summed E-state index contributed by atoms with van der Waals surface area (Å²) < 4.78 is 5.01. The molecular weight excluding hydrogens is 258 g/mol. The Morgan fingerprint density at radius 2 is 2.35 bits per heavy atom. The van der Waals surface area contributed by atoms with Gasteiger partial charge in [-0.25, -0.2) is 0 Å². The lowest BCUT2D eigenvalue weighted by molar-refractivity contribution is -0.137. The fourth-order valence-electron chi connectivity index (χ4n) is 2.44. The molecule has 0 bridgehead atoms. The zero-order valence-corrected chi connectivity index (χ0v) is 10.9. The summed E-state index contributed by atoms with van der Waals surface area (Å²) >= 11 is 0. The number of aromatic nitrogens is 2. The summed E-state index contributed by atoms with van der Waals surface area (Å²) in [5.41, 5.74) is 2.82. The van der Waals surface area contributed by atoms with Gasteiger partial charge in [-0.1, -0.05) is 23.4 Å². The van der Waals surface area contributed by atoms with E-state index in [1.807, 2.05) is 18.2 Å². The van der Waals surface area contributed by atoms with Gasteiger partial charge in [-0.15, -0.1) is 0 Å². The van der Waals surface area contributed by atoms with E-state index in [1.165, 1.54) is 0 Å². The van der Waals surface area contributed by atoms with Crippen molar-refractivity contribution in [2.45, 2.75) is 25.8 Å². The number of carboxylic acids is 1. The molecule has 0 fully saturated rings. The number of carbonyl (C=O) groups is 1. The first-order chi connectivity index (χ1) is 9.65. The van der Waals surface area contributed by atoms with Crippen LogP contribution >= 0.6 is 0 Å². The summed E-state index contributed by atoms with van der Waals surface area (Å²) in [5.74, 6) is 0.175. The number of hydrogen-bond donors (Lipinski definition) is 1.